The predicted molar refractivity (Wildman–Crippen MR) is 142 cm³/mol. The third kappa shape index (κ3) is 5.83. The molecule has 3 aromatic carbocycles. The van der Waals surface area contributed by atoms with Crippen molar-refractivity contribution in [2.75, 3.05) is 39.8 Å². The lowest BCUT2D eigenvalue weighted by Gasteiger charge is -2.38. The van der Waals surface area contributed by atoms with Gasteiger partial charge in [0.05, 0.1) is 0 Å². The smallest absolute Gasteiger partial charge is 0.253 e. The first kappa shape index (κ1) is 23.8. The molecular weight excluding hydrogens is 430 g/mol. The molecule has 2 aliphatic heterocycles. The number of carbonyl (C=O) groups is 1. The molecule has 3 aromatic rings. The number of rotatable bonds is 7. The van der Waals surface area contributed by atoms with Crippen LogP contribution < -0.4 is 0 Å². The highest BCUT2D eigenvalue weighted by atomic mass is 16.2. The van der Waals surface area contributed by atoms with Crippen molar-refractivity contribution in [1.82, 2.24) is 14.7 Å². The van der Waals surface area contributed by atoms with Crippen molar-refractivity contribution < 1.29 is 4.79 Å². The van der Waals surface area contributed by atoms with Gasteiger partial charge in [-0.2, -0.15) is 0 Å². The minimum Gasteiger partial charge on any atom is -0.339 e. The van der Waals surface area contributed by atoms with E-state index in [2.05, 4.69) is 70.5 Å². The second-order valence-corrected chi connectivity index (χ2v) is 10.3. The highest BCUT2D eigenvalue weighted by molar-refractivity contribution is 5.94. The maximum Gasteiger partial charge on any atom is 0.253 e. The minimum absolute atomic E-state index is 0.139. The van der Waals surface area contributed by atoms with Gasteiger partial charge in [-0.05, 0) is 42.0 Å². The van der Waals surface area contributed by atoms with Crippen LogP contribution in [-0.4, -0.2) is 66.4 Å². The third-order valence-corrected chi connectivity index (χ3v) is 7.93. The highest BCUT2D eigenvalue weighted by Crippen LogP contribution is 2.34. The minimum atomic E-state index is 0.139. The normalized spacial score (nSPS) is 21.7. The largest absolute Gasteiger partial charge is 0.339 e. The zero-order valence-electron chi connectivity index (χ0n) is 20.8. The molecule has 5 rings (SSSR count). The monoisotopic (exact) mass is 467 g/mol. The first-order chi connectivity index (χ1) is 17.2. The van der Waals surface area contributed by atoms with Crippen molar-refractivity contribution in [2.24, 2.45) is 5.92 Å². The van der Waals surface area contributed by atoms with Gasteiger partial charge in [-0.15, -0.1) is 0 Å². The molecule has 2 aliphatic rings. The lowest BCUT2D eigenvalue weighted by atomic mass is 9.88. The van der Waals surface area contributed by atoms with E-state index < -0.39 is 0 Å². The maximum absolute atomic E-state index is 12.9. The lowest BCUT2D eigenvalue weighted by molar-refractivity contribution is 0.0627. The number of nitrogens with zero attached hydrogens (tertiary/aromatic N) is 3. The van der Waals surface area contributed by atoms with E-state index in [1.54, 1.807) is 0 Å². The molecule has 4 heteroatoms. The molecule has 2 saturated heterocycles. The molecule has 2 unspecified atom stereocenters. The zero-order valence-corrected chi connectivity index (χ0v) is 20.8. The van der Waals surface area contributed by atoms with Crippen LogP contribution in [-0.2, 0) is 6.54 Å². The molecule has 2 heterocycles. The van der Waals surface area contributed by atoms with E-state index in [0.29, 0.717) is 17.9 Å². The molecule has 4 nitrogen and oxygen atoms in total. The summed E-state index contributed by atoms with van der Waals surface area (Å²) in [5, 5.41) is 0. The molecule has 0 aromatic heterocycles. The summed E-state index contributed by atoms with van der Waals surface area (Å²) in [5.41, 5.74) is 3.65. The number of piperidine rings is 1. The van der Waals surface area contributed by atoms with E-state index in [4.69, 9.17) is 0 Å². The maximum atomic E-state index is 12.9. The standard InChI is InChI=1S/C31H37N3O/c1-32(31(35)27-15-9-4-10-16-27)29-17-19-33(20-18-29)22-28-23-34(21-25-11-5-2-6-12-25)24-30(28)26-13-7-3-8-14-26/h2-16,28-30H,17-24H2,1H3. The summed E-state index contributed by atoms with van der Waals surface area (Å²) in [7, 11) is 1.97. The Kier molecular flexibility index (Phi) is 7.60. The van der Waals surface area contributed by atoms with Gasteiger partial charge in [-0.1, -0.05) is 78.9 Å². The first-order valence-electron chi connectivity index (χ1n) is 13.0. The van der Waals surface area contributed by atoms with Crippen LogP contribution in [0.5, 0.6) is 0 Å². The number of carbonyl (C=O) groups excluding carboxylic acids is 1. The Hall–Kier alpha value is -2.95. The summed E-state index contributed by atoms with van der Waals surface area (Å²) < 4.78 is 0. The van der Waals surface area contributed by atoms with Gasteiger partial charge in [-0.3, -0.25) is 9.69 Å². The number of hydrogen-bond donors (Lipinski definition) is 0. The SMILES string of the molecule is CN(C(=O)c1ccccc1)C1CCN(CC2CN(Cc3ccccc3)CC2c2ccccc2)CC1. The summed E-state index contributed by atoms with van der Waals surface area (Å²) in [6, 6.07) is 31.9. The highest BCUT2D eigenvalue weighted by Gasteiger charge is 2.36. The molecule has 2 atom stereocenters. The average Bonchev–Trinajstić information content (AvgIpc) is 3.31. The molecule has 182 valence electrons. The first-order valence-corrected chi connectivity index (χ1v) is 13.0. The number of likely N-dealkylation sites (tertiary alicyclic amines) is 2. The van der Waals surface area contributed by atoms with Crippen LogP contribution in [0.15, 0.2) is 91.0 Å². The molecule has 35 heavy (non-hydrogen) atoms. The summed E-state index contributed by atoms with van der Waals surface area (Å²) >= 11 is 0. The van der Waals surface area contributed by atoms with Crippen LogP contribution in [0.25, 0.3) is 0 Å². The second kappa shape index (κ2) is 11.2. The van der Waals surface area contributed by atoms with Crippen LogP contribution in [0.4, 0.5) is 0 Å². The zero-order chi connectivity index (χ0) is 24.0. The van der Waals surface area contributed by atoms with Crippen molar-refractivity contribution in [2.45, 2.75) is 31.3 Å². The van der Waals surface area contributed by atoms with Crippen molar-refractivity contribution in [3.05, 3.63) is 108 Å². The van der Waals surface area contributed by atoms with Crippen molar-refractivity contribution in [1.29, 1.82) is 0 Å². The van der Waals surface area contributed by atoms with Gasteiger partial charge in [0.1, 0.15) is 0 Å². The third-order valence-electron chi connectivity index (χ3n) is 7.93. The van der Waals surface area contributed by atoms with E-state index in [1.165, 1.54) is 11.1 Å². The quantitative estimate of drug-likeness (QED) is 0.481. The van der Waals surface area contributed by atoms with Gasteiger partial charge in [0.25, 0.3) is 5.91 Å². The van der Waals surface area contributed by atoms with E-state index in [1.807, 2.05) is 42.3 Å². The fourth-order valence-electron chi connectivity index (χ4n) is 5.97. The van der Waals surface area contributed by atoms with Gasteiger partial charge in [0.2, 0.25) is 0 Å². The number of amides is 1. The Morgan fingerprint density at radius 2 is 1.40 bits per heavy atom. The Balaban J connectivity index is 1.20. The summed E-state index contributed by atoms with van der Waals surface area (Å²) in [4.78, 5) is 20.1. The summed E-state index contributed by atoms with van der Waals surface area (Å²) in [5.74, 6) is 1.34. The molecule has 0 radical (unpaired) electrons. The molecule has 0 bridgehead atoms. The van der Waals surface area contributed by atoms with E-state index in [0.717, 1.165) is 57.7 Å². The fraction of sp³-hybridized carbons (Fsp3) is 0.387. The molecule has 2 fully saturated rings. The lowest BCUT2D eigenvalue weighted by Crippen LogP contribution is -2.47. The molecule has 0 N–H and O–H groups in total. The van der Waals surface area contributed by atoms with Gasteiger partial charge in [0, 0.05) is 63.8 Å². The Morgan fingerprint density at radius 3 is 2.06 bits per heavy atom. The van der Waals surface area contributed by atoms with Gasteiger partial charge in [0.15, 0.2) is 0 Å². The fourth-order valence-corrected chi connectivity index (χ4v) is 5.97. The Labute approximate surface area is 210 Å². The Morgan fingerprint density at radius 1 is 0.800 bits per heavy atom. The second-order valence-electron chi connectivity index (χ2n) is 10.3. The molecular formula is C31H37N3O. The molecule has 0 aliphatic carbocycles. The topological polar surface area (TPSA) is 26.8 Å². The average molecular weight is 468 g/mol. The molecule has 0 saturated carbocycles. The van der Waals surface area contributed by atoms with E-state index >= 15 is 0 Å². The van der Waals surface area contributed by atoms with Gasteiger partial charge in [-0.25, -0.2) is 0 Å². The van der Waals surface area contributed by atoms with Crippen molar-refractivity contribution in [3.8, 4) is 0 Å². The van der Waals surface area contributed by atoms with Gasteiger partial charge < -0.3 is 9.80 Å². The Bertz CT molecular complexity index is 1060. The van der Waals surface area contributed by atoms with Crippen LogP contribution in [0.1, 0.15) is 40.2 Å². The van der Waals surface area contributed by atoms with Crippen LogP contribution in [0.3, 0.4) is 0 Å². The van der Waals surface area contributed by atoms with Crippen LogP contribution >= 0.6 is 0 Å². The van der Waals surface area contributed by atoms with Crippen molar-refractivity contribution in [3.63, 3.8) is 0 Å². The van der Waals surface area contributed by atoms with Crippen LogP contribution in [0.2, 0.25) is 0 Å². The summed E-state index contributed by atoms with van der Waals surface area (Å²) in [6.07, 6.45) is 2.09. The van der Waals surface area contributed by atoms with E-state index in [9.17, 15) is 4.79 Å². The van der Waals surface area contributed by atoms with Crippen LogP contribution in [0, 0.1) is 5.92 Å². The predicted octanol–water partition coefficient (Wildman–Crippen LogP) is 5.14. The number of benzene rings is 3. The van der Waals surface area contributed by atoms with E-state index in [-0.39, 0.29) is 5.91 Å². The number of hydrogen-bond acceptors (Lipinski definition) is 3. The molecule has 0 spiro atoms. The van der Waals surface area contributed by atoms with Crippen molar-refractivity contribution >= 4 is 5.91 Å². The molecule has 1 amide bonds. The summed E-state index contributed by atoms with van der Waals surface area (Å²) in [6.45, 7) is 6.54. The van der Waals surface area contributed by atoms with Gasteiger partial charge >= 0.3 is 0 Å².